The van der Waals surface area contributed by atoms with Crippen LogP contribution in [-0.4, -0.2) is 28.9 Å². The summed E-state index contributed by atoms with van der Waals surface area (Å²) in [5, 5.41) is 8.55. The molecule has 0 spiro atoms. The smallest absolute Gasteiger partial charge is 0.370 e. The van der Waals surface area contributed by atoms with E-state index in [0.717, 1.165) is 10.8 Å². The van der Waals surface area contributed by atoms with Crippen molar-refractivity contribution in [2.75, 3.05) is 13.2 Å². The quantitative estimate of drug-likeness (QED) is 0.774. The number of halogens is 3. The number of hydrogen-bond acceptors (Lipinski definition) is 4. The van der Waals surface area contributed by atoms with Crippen molar-refractivity contribution >= 4 is 0 Å². The maximum atomic E-state index is 11.7. The molecule has 1 heterocycles. The first-order chi connectivity index (χ1) is 8.33. The fourth-order valence-electron chi connectivity index (χ4n) is 1.11. The van der Waals surface area contributed by atoms with E-state index in [1.54, 1.807) is 6.07 Å². The Morgan fingerprint density at radius 1 is 1.44 bits per heavy atom. The summed E-state index contributed by atoms with van der Waals surface area (Å²) in [6, 6.07) is 1.55. The van der Waals surface area contributed by atoms with Gasteiger partial charge in [0.2, 0.25) is 0 Å². The van der Waals surface area contributed by atoms with Crippen LogP contribution in [0.5, 0.6) is 0 Å². The Bertz CT molecular complexity index is 567. The summed E-state index contributed by atoms with van der Waals surface area (Å²) in [4.78, 5) is 24.1. The third-order valence-electron chi connectivity index (χ3n) is 1.87. The highest BCUT2D eigenvalue weighted by Crippen LogP contribution is 2.14. The summed E-state index contributed by atoms with van der Waals surface area (Å²) in [7, 11) is 0. The van der Waals surface area contributed by atoms with Crippen LogP contribution >= 0.6 is 0 Å². The summed E-state index contributed by atoms with van der Waals surface area (Å²) in [6.07, 6.45) is -3.47. The predicted octanol–water partition coefficient (Wildman–Crippen LogP) is -0.0128. The molecule has 1 rings (SSSR count). The number of rotatable bonds is 4. The van der Waals surface area contributed by atoms with Gasteiger partial charge < -0.3 is 4.74 Å². The number of aromatic nitrogens is 2. The van der Waals surface area contributed by atoms with Crippen LogP contribution in [0.1, 0.15) is 5.56 Å². The molecule has 0 saturated carbocycles. The van der Waals surface area contributed by atoms with E-state index >= 15 is 0 Å². The number of hydrogen-bond donors (Lipinski definition) is 1. The molecular formula is C9H8F3N3O3. The highest BCUT2D eigenvalue weighted by Gasteiger charge is 2.27. The van der Waals surface area contributed by atoms with Crippen LogP contribution in [0.4, 0.5) is 13.2 Å². The normalized spacial score (nSPS) is 11.2. The number of alkyl halides is 3. The highest BCUT2D eigenvalue weighted by atomic mass is 19.4. The molecule has 0 unspecified atom stereocenters. The highest BCUT2D eigenvalue weighted by molar-refractivity contribution is 5.21. The van der Waals surface area contributed by atoms with E-state index < -0.39 is 24.0 Å². The van der Waals surface area contributed by atoms with E-state index in [1.807, 2.05) is 4.98 Å². The van der Waals surface area contributed by atoms with Gasteiger partial charge in [-0.15, -0.1) is 0 Å². The fourth-order valence-corrected chi connectivity index (χ4v) is 1.11. The minimum atomic E-state index is -4.44. The van der Waals surface area contributed by atoms with E-state index in [4.69, 9.17) is 5.26 Å². The summed E-state index contributed by atoms with van der Waals surface area (Å²) in [5.74, 6) is 0. The van der Waals surface area contributed by atoms with Gasteiger partial charge in [0.15, 0.2) is 0 Å². The molecule has 98 valence electrons. The Kier molecular flexibility index (Phi) is 4.28. The van der Waals surface area contributed by atoms with Gasteiger partial charge in [0.1, 0.15) is 18.2 Å². The molecule has 0 fully saturated rings. The SMILES string of the molecule is N#Cc1cn(CCOCC(F)(F)F)c(=O)[nH]c1=O. The molecular weight excluding hydrogens is 255 g/mol. The van der Waals surface area contributed by atoms with Crippen LogP contribution < -0.4 is 11.2 Å². The topological polar surface area (TPSA) is 87.9 Å². The van der Waals surface area contributed by atoms with E-state index in [2.05, 4.69) is 4.74 Å². The second-order valence-electron chi connectivity index (χ2n) is 3.28. The monoisotopic (exact) mass is 263 g/mol. The molecule has 0 atom stereocenters. The first-order valence-electron chi connectivity index (χ1n) is 4.72. The lowest BCUT2D eigenvalue weighted by atomic mass is 10.4. The lowest BCUT2D eigenvalue weighted by Gasteiger charge is -2.08. The van der Waals surface area contributed by atoms with Crippen molar-refractivity contribution in [1.29, 1.82) is 5.26 Å². The molecule has 0 amide bonds. The standard InChI is InChI=1S/C9H8F3N3O3/c10-9(11,12)5-18-2-1-15-4-6(3-13)7(16)14-8(15)17/h4H,1-2,5H2,(H,14,16,17). The number of ether oxygens (including phenoxy) is 1. The van der Waals surface area contributed by atoms with Gasteiger partial charge in [-0.1, -0.05) is 0 Å². The molecule has 0 aliphatic heterocycles. The molecule has 1 aromatic rings. The van der Waals surface area contributed by atoms with Gasteiger partial charge in [-0.05, 0) is 0 Å². The number of nitriles is 1. The zero-order valence-electron chi connectivity index (χ0n) is 8.95. The van der Waals surface area contributed by atoms with Crippen LogP contribution in [0.3, 0.4) is 0 Å². The molecule has 1 aromatic heterocycles. The van der Waals surface area contributed by atoms with Gasteiger partial charge in [0, 0.05) is 6.20 Å². The summed E-state index contributed by atoms with van der Waals surface area (Å²) in [5.41, 5.74) is -1.95. The second-order valence-corrected chi connectivity index (χ2v) is 3.28. The van der Waals surface area contributed by atoms with Crippen molar-refractivity contribution in [2.45, 2.75) is 12.7 Å². The number of nitrogens with zero attached hydrogens (tertiary/aromatic N) is 2. The second kappa shape index (κ2) is 5.50. The lowest BCUT2D eigenvalue weighted by Crippen LogP contribution is -2.32. The van der Waals surface area contributed by atoms with Crippen LogP contribution in [0.2, 0.25) is 0 Å². The maximum absolute atomic E-state index is 11.7. The molecule has 0 saturated heterocycles. The molecule has 1 N–H and O–H groups in total. The molecule has 0 aliphatic rings. The minimum absolute atomic E-state index is 0.194. The first-order valence-corrected chi connectivity index (χ1v) is 4.72. The van der Waals surface area contributed by atoms with Crippen LogP contribution in [-0.2, 0) is 11.3 Å². The van der Waals surface area contributed by atoms with E-state index in [1.165, 1.54) is 0 Å². The molecule has 0 bridgehead atoms. The molecule has 0 aliphatic carbocycles. The van der Waals surface area contributed by atoms with Gasteiger partial charge >= 0.3 is 11.9 Å². The maximum Gasteiger partial charge on any atom is 0.411 e. The summed E-state index contributed by atoms with van der Waals surface area (Å²) < 4.78 is 40.4. The predicted molar refractivity (Wildman–Crippen MR) is 52.9 cm³/mol. The largest absolute Gasteiger partial charge is 0.411 e. The molecule has 9 heteroatoms. The van der Waals surface area contributed by atoms with Gasteiger partial charge in [0.05, 0.1) is 13.2 Å². The van der Waals surface area contributed by atoms with Crippen molar-refractivity contribution in [1.82, 2.24) is 9.55 Å². The number of H-pyrrole nitrogens is 1. The van der Waals surface area contributed by atoms with E-state index in [-0.39, 0.29) is 18.7 Å². The third-order valence-corrected chi connectivity index (χ3v) is 1.87. The summed E-state index contributed by atoms with van der Waals surface area (Å²) >= 11 is 0. The first kappa shape index (κ1) is 14.0. The Labute approximate surface area is 98.2 Å². The number of nitrogens with one attached hydrogen (secondary N) is 1. The van der Waals surface area contributed by atoms with Crippen molar-refractivity contribution in [2.24, 2.45) is 0 Å². The van der Waals surface area contributed by atoms with Crippen molar-refractivity contribution < 1.29 is 17.9 Å². The Balaban J connectivity index is 2.67. The Morgan fingerprint density at radius 2 is 2.11 bits per heavy atom. The van der Waals surface area contributed by atoms with Crippen molar-refractivity contribution in [3.63, 3.8) is 0 Å². The van der Waals surface area contributed by atoms with Crippen molar-refractivity contribution in [3.05, 3.63) is 32.6 Å². The van der Waals surface area contributed by atoms with Gasteiger partial charge in [-0.25, -0.2) is 4.79 Å². The minimum Gasteiger partial charge on any atom is -0.370 e. The van der Waals surface area contributed by atoms with Crippen LogP contribution in [0.15, 0.2) is 15.8 Å². The third kappa shape index (κ3) is 4.06. The number of aromatic amines is 1. The molecule has 18 heavy (non-hydrogen) atoms. The van der Waals surface area contributed by atoms with Gasteiger partial charge in [-0.3, -0.25) is 14.3 Å². The lowest BCUT2D eigenvalue weighted by molar-refractivity contribution is -0.174. The van der Waals surface area contributed by atoms with Crippen LogP contribution in [0.25, 0.3) is 0 Å². The average Bonchev–Trinajstić information content (AvgIpc) is 2.25. The fraction of sp³-hybridized carbons (Fsp3) is 0.444. The molecule has 6 nitrogen and oxygen atoms in total. The summed E-state index contributed by atoms with van der Waals surface area (Å²) in [6.45, 7) is -1.98. The van der Waals surface area contributed by atoms with Gasteiger partial charge in [-0.2, -0.15) is 18.4 Å². The van der Waals surface area contributed by atoms with E-state index in [9.17, 15) is 22.8 Å². The Hall–Kier alpha value is -2.08. The Morgan fingerprint density at radius 3 is 2.67 bits per heavy atom. The van der Waals surface area contributed by atoms with E-state index in [0.29, 0.717) is 0 Å². The van der Waals surface area contributed by atoms with Crippen molar-refractivity contribution in [3.8, 4) is 6.07 Å². The average molecular weight is 263 g/mol. The van der Waals surface area contributed by atoms with Gasteiger partial charge in [0.25, 0.3) is 5.56 Å². The molecule has 0 aromatic carbocycles. The van der Waals surface area contributed by atoms with Crippen LogP contribution in [0, 0.1) is 11.3 Å². The molecule has 0 radical (unpaired) electrons. The zero-order chi connectivity index (χ0) is 13.8. The zero-order valence-corrected chi connectivity index (χ0v) is 8.95.